The van der Waals surface area contributed by atoms with Gasteiger partial charge in [0.05, 0.1) is 5.92 Å². The lowest BCUT2D eigenvalue weighted by Gasteiger charge is -2.37. The third-order valence-electron chi connectivity index (χ3n) is 3.76. The fourth-order valence-electron chi connectivity index (χ4n) is 2.07. The van der Waals surface area contributed by atoms with Crippen LogP contribution >= 0.6 is 0 Å². The van der Waals surface area contributed by atoms with Crippen molar-refractivity contribution < 1.29 is 14.7 Å². The van der Waals surface area contributed by atoms with E-state index in [1.165, 1.54) is 0 Å². The number of piperazine rings is 1. The molecule has 110 valence electrons. The van der Waals surface area contributed by atoms with Crippen molar-refractivity contribution in [2.75, 3.05) is 33.2 Å². The summed E-state index contributed by atoms with van der Waals surface area (Å²) in [5.74, 6) is -1.13. The number of amides is 2. The number of carbonyl (C=O) groups is 2. The van der Waals surface area contributed by atoms with E-state index in [1.807, 2.05) is 4.90 Å². The minimum absolute atomic E-state index is 0.0390. The lowest BCUT2D eigenvalue weighted by Crippen LogP contribution is -2.54. The van der Waals surface area contributed by atoms with Gasteiger partial charge in [0.15, 0.2) is 0 Å². The Morgan fingerprint density at radius 3 is 2.68 bits per heavy atom. The van der Waals surface area contributed by atoms with Crippen molar-refractivity contribution in [3.8, 4) is 0 Å². The molecule has 0 spiro atoms. The average Bonchev–Trinajstić information content (AvgIpc) is 2.37. The highest BCUT2D eigenvalue weighted by Gasteiger charge is 2.23. The standard InChI is InChI=1S/C13H25N3O3/c1-10(12(17)18)5-4-6-14-13(19)16-8-7-15(3)11(2)9-16/h10-11H,4-9H2,1-3H3,(H,14,19)(H,17,18). The first-order valence-corrected chi connectivity index (χ1v) is 6.87. The fourth-order valence-corrected chi connectivity index (χ4v) is 2.07. The summed E-state index contributed by atoms with van der Waals surface area (Å²) in [5.41, 5.74) is 0. The summed E-state index contributed by atoms with van der Waals surface area (Å²) in [5, 5.41) is 11.6. The summed E-state index contributed by atoms with van der Waals surface area (Å²) in [4.78, 5) is 26.6. The zero-order valence-electron chi connectivity index (χ0n) is 12.1. The number of carboxylic acids is 1. The summed E-state index contributed by atoms with van der Waals surface area (Å²) < 4.78 is 0. The number of hydrogen-bond donors (Lipinski definition) is 2. The number of rotatable bonds is 5. The third-order valence-corrected chi connectivity index (χ3v) is 3.76. The summed E-state index contributed by atoms with van der Waals surface area (Å²) >= 11 is 0. The molecule has 6 nitrogen and oxygen atoms in total. The Kier molecular flexibility index (Phi) is 6.08. The number of hydrogen-bond acceptors (Lipinski definition) is 3. The molecule has 0 aromatic rings. The first kappa shape index (κ1) is 15.8. The van der Waals surface area contributed by atoms with Gasteiger partial charge >= 0.3 is 12.0 Å². The van der Waals surface area contributed by atoms with Gasteiger partial charge in [0.2, 0.25) is 0 Å². The highest BCUT2D eigenvalue weighted by molar-refractivity contribution is 5.74. The van der Waals surface area contributed by atoms with Crippen LogP contribution in [0.4, 0.5) is 4.79 Å². The number of urea groups is 1. The van der Waals surface area contributed by atoms with E-state index < -0.39 is 5.97 Å². The molecule has 6 heteroatoms. The van der Waals surface area contributed by atoms with Crippen molar-refractivity contribution in [2.45, 2.75) is 32.7 Å². The molecule has 1 fully saturated rings. The molecule has 1 saturated heterocycles. The van der Waals surface area contributed by atoms with Crippen LogP contribution in [0.15, 0.2) is 0 Å². The van der Waals surface area contributed by atoms with Gasteiger partial charge in [-0.25, -0.2) is 4.79 Å². The molecule has 19 heavy (non-hydrogen) atoms. The van der Waals surface area contributed by atoms with Crippen molar-refractivity contribution in [2.24, 2.45) is 5.92 Å². The van der Waals surface area contributed by atoms with Crippen molar-refractivity contribution in [3.05, 3.63) is 0 Å². The molecule has 2 atom stereocenters. The van der Waals surface area contributed by atoms with Crippen molar-refractivity contribution >= 4 is 12.0 Å². The van der Waals surface area contributed by atoms with Crippen LogP contribution in [0, 0.1) is 5.92 Å². The molecule has 1 heterocycles. The van der Waals surface area contributed by atoms with E-state index in [1.54, 1.807) is 6.92 Å². The Balaban J connectivity index is 2.19. The van der Waals surface area contributed by atoms with E-state index in [2.05, 4.69) is 24.2 Å². The largest absolute Gasteiger partial charge is 0.481 e. The van der Waals surface area contributed by atoms with E-state index in [-0.39, 0.29) is 11.9 Å². The Labute approximate surface area is 114 Å². The fraction of sp³-hybridized carbons (Fsp3) is 0.846. The van der Waals surface area contributed by atoms with Gasteiger partial charge in [0, 0.05) is 32.2 Å². The minimum Gasteiger partial charge on any atom is -0.481 e. The van der Waals surface area contributed by atoms with E-state index in [0.717, 1.165) is 19.6 Å². The number of carbonyl (C=O) groups excluding carboxylic acids is 1. The van der Waals surface area contributed by atoms with E-state index >= 15 is 0 Å². The molecule has 0 radical (unpaired) electrons. The summed E-state index contributed by atoms with van der Waals surface area (Å²) in [7, 11) is 2.06. The molecule has 0 aliphatic carbocycles. The van der Waals surface area contributed by atoms with Crippen LogP contribution in [-0.2, 0) is 4.79 Å². The monoisotopic (exact) mass is 271 g/mol. The Morgan fingerprint density at radius 1 is 1.42 bits per heavy atom. The molecular weight excluding hydrogens is 246 g/mol. The molecule has 0 saturated carbocycles. The van der Waals surface area contributed by atoms with Gasteiger partial charge in [-0.05, 0) is 26.8 Å². The maximum absolute atomic E-state index is 11.9. The van der Waals surface area contributed by atoms with Crippen LogP contribution in [0.2, 0.25) is 0 Å². The number of carboxylic acid groups (broad SMARTS) is 1. The van der Waals surface area contributed by atoms with Crippen LogP contribution in [0.3, 0.4) is 0 Å². The highest BCUT2D eigenvalue weighted by Crippen LogP contribution is 2.07. The molecule has 2 unspecified atom stereocenters. The van der Waals surface area contributed by atoms with Gasteiger partial charge in [0.25, 0.3) is 0 Å². The number of aliphatic carboxylic acids is 1. The minimum atomic E-state index is -0.779. The van der Waals surface area contributed by atoms with Gasteiger partial charge in [-0.3, -0.25) is 4.79 Å². The van der Waals surface area contributed by atoms with Crippen LogP contribution in [0.5, 0.6) is 0 Å². The predicted molar refractivity (Wildman–Crippen MR) is 73.1 cm³/mol. The zero-order valence-corrected chi connectivity index (χ0v) is 12.1. The summed E-state index contributed by atoms with van der Waals surface area (Å²) in [6.07, 6.45) is 1.29. The first-order valence-electron chi connectivity index (χ1n) is 6.87. The lowest BCUT2D eigenvalue weighted by molar-refractivity contribution is -0.141. The maximum atomic E-state index is 11.9. The van der Waals surface area contributed by atoms with Crippen LogP contribution in [0.1, 0.15) is 26.7 Å². The molecule has 2 N–H and O–H groups in total. The van der Waals surface area contributed by atoms with Gasteiger partial charge in [-0.2, -0.15) is 0 Å². The second kappa shape index (κ2) is 7.33. The van der Waals surface area contributed by atoms with Crippen molar-refractivity contribution in [1.29, 1.82) is 0 Å². The highest BCUT2D eigenvalue weighted by atomic mass is 16.4. The topological polar surface area (TPSA) is 72.9 Å². The molecule has 0 aromatic carbocycles. The lowest BCUT2D eigenvalue weighted by atomic mass is 10.1. The SMILES string of the molecule is CC(CCCNC(=O)N1CCN(C)C(C)C1)C(=O)O. The molecule has 1 rings (SSSR count). The quantitative estimate of drug-likeness (QED) is 0.727. The first-order chi connectivity index (χ1) is 8.91. The predicted octanol–water partition coefficient (Wildman–Crippen LogP) is 0.833. The Hall–Kier alpha value is -1.30. The second-order valence-corrected chi connectivity index (χ2v) is 5.39. The molecule has 1 aliphatic heterocycles. The van der Waals surface area contributed by atoms with Crippen LogP contribution < -0.4 is 5.32 Å². The molecule has 0 aromatic heterocycles. The van der Waals surface area contributed by atoms with Gasteiger partial charge in [-0.1, -0.05) is 6.92 Å². The maximum Gasteiger partial charge on any atom is 0.317 e. The van der Waals surface area contributed by atoms with Gasteiger partial charge in [-0.15, -0.1) is 0 Å². The summed E-state index contributed by atoms with van der Waals surface area (Å²) in [6, 6.07) is 0.342. The van der Waals surface area contributed by atoms with E-state index in [9.17, 15) is 9.59 Å². The normalized spacial score (nSPS) is 22.1. The average molecular weight is 271 g/mol. The molecular formula is C13H25N3O3. The third kappa shape index (κ3) is 5.06. The van der Waals surface area contributed by atoms with E-state index in [4.69, 9.17) is 5.11 Å². The van der Waals surface area contributed by atoms with Crippen LogP contribution in [0.25, 0.3) is 0 Å². The second-order valence-electron chi connectivity index (χ2n) is 5.39. The number of nitrogens with one attached hydrogen (secondary N) is 1. The Bertz CT molecular complexity index is 322. The van der Waals surface area contributed by atoms with Crippen LogP contribution in [-0.4, -0.2) is 66.2 Å². The smallest absolute Gasteiger partial charge is 0.317 e. The van der Waals surface area contributed by atoms with Crippen molar-refractivity contribution in [3.63, 3.8) is 0 Å². The molecule has 1 aliphatic rings. The number of likely N-dealkylation sites (N-methyl/N-ethyl adjacent to an activating group) is 1. The van der Waals surface area contributed by atoms with Gasteiger partial charge < -0.3 is 20.2 Å². The van der Waals surface area contributed by atoms with Crippen molar-refractivity contribution in [1.82, 2.24) is 15.1 Å². The molecule has 0 bridgehead atoms. The summed E-state index contributed by atoms with van der Waals surface area (Å²) in [6.45, 7) is 6.72. The Morgan fingerprint density at radius 2 is 2.11 bits per heavy atom. The zero-order chi connectivity index (χ0) is 14.4. The van der Waals surface area contributed by atoms with E-state index in [0.29, 0.717) is 25.4 Å². The van der Waals surface area contributed by atoms with Gasteiger partial charge in [0.1, 0.15) is 0 Å². The number of nitrogens with zero attached hydrogens (tertiary/aromatic N) is 2. The molecule has 2 amide bonds.